The number of carbonyl (C=O) groups is 3. The molecule has 1 aromatic carbocycles. The van der Waals surface area contributed by atoms with Gasteiger partial charge in [-0.25, -0.2) is 9.78 Å². The van der Waals surface area contributed by atoms with E-state index in [9.17, 15) is 19.5 Å². The number of benzene rings is 1. The number of rotatable bonds is 8. The van der Waals surface area contributed by atoms with Gasteiger partial charge in [-0.15, -0.1) is 0 Å². The summed E-state index contributed by atoms with van der Waals surface area (Å²) in [5.74, 6) is -1.16. The minimum atomic E-state index is -1.07. The summed E-state index contributed by atoms with van der Waals surface area (Å²) < 4.78 is 5.63. The van der Waals surface area contributed by atoms with Crippen molar-refractivity contribution in [3.63, 3.8) is 0 Å². The standard InChI is InChI=1S/C22H27N3O5/c1-22(2,3)11-10-17(21(28)29)25-20(27)15-8-9-18(24-13-15)30-16-7-5-6-14(12-16)19(26)23-4/h5-9,12-13,17H,10-11H2,1-4H3,(H,23,26)(H,25,27)(H,28,29)/t17-/m0/s1. The average molecular weight is 413 g/mol. The number of ether oxygens (including phenoxy) is 1. The van der Waals surface area contributed by atoms with Crippen molar-refractivity contribution in [2.75, 3.05) is 7.05 Å². The number of carboxylic acid groups (broad SMARTS) is 1. The fourth-order valence-electron chi connectivity index (χ4n) is 2.62. The predicted molar refractivity (Wildman–Crippen MR) is 112 cm³/mol. The van der Waals surface area contributed by atoms with Crippen LogP contribution in [0.4, 0.5) is 0 Å². The number of carboxylic acids is 1. The van der Waals surface area contributed by atoms with Crippen LogP contribution in [0, 0.1) is 5.41 Å². The van der Waals surface area contributed by atoms with Gasteiger partial charge in [0.25, 0.3) is 11.8 Å². The van der Waals surface area contributed by atoms with Crippen molar-refractivity contribution in [3.05, 3.63) is 53.7 Å². The number of nitrogens with zero attached hydrogens (tertiary/aromatic N) is 1. The van der Waals surface area contributed by atoms with Crippen molar-refractivity contribution >= 4 is 17.8 Å². The highest BCUT2D eigenvalue weighted by molar-refractivity contribution is 5.96. The molecule has 8 heteroatoms. The Morgan fingerprint density at radius 1 is 1.10 bits per heavy atom. The molecule has 0 fully saturated rings. The third-order valence-electron chi connectivity index (χ3n) is 4.33. The summed E-state index contributed by atoms with van der Waals surface area (Å²) >= 11 is 0. The van der Waals surface area contributed by atoms with Gasteiger partial charge in [0.15, 0.2) is 0 Å². The average Bonchev–Trinajstić information content (AvgIpc) is 2.70. The minimum Gasteiger partial charge on any atom is -0.480 e. The lowest BCUT2D eigenvalue weighted by atomic mass is 9.88. The van der Waals surface area contributed by atoms with Crippen molar-refractivity contribution < 1.29 is 24.2 Å². The summed E-state index contributed by atoms with van der Waals surface area (Å²) in [6, 6.07) is 8.64. The van der Waals surface area contributed by atoms with Gasteiger partial charge in [-0.1, -0.05) is 26.8 Å². The first-order chi connectivity index (χ1) is 14.1. The fourth-order valence-corrected chi connectivity index (χ4v) is 2.62. The van der Waals surface area contributed by atoms with E-state index in [0.717, 1.165) is 0 Å². The monoisotopic (exact) mass is 413 g/mol. The van der Waals surface area contributed by atoms with Crippen LogP contribution in [0.1, 0.15) is 54.3 Å². The molecule has 2 aromatic rings. The summed E-state index contributed by atoms with van der Waals surface area (Å²) in [7, 11) is 1.54. The first-order valence-electron chi connectivity index (χ1n) is 9.59. The Morgan fingerprint density at radius 3 is 2.40 bits per heavy atom. The largest absolute Gasteiger partial charge is 0.480 e. The van der Waals surface area contributed by atoms with E-state index in [1.54, 1.807) is 31.3 Å². The van der Waals surface area contributed by atoms with Crippen LogP contribution >= 0.6 is 0 Å². The molecule has 30 heavy (non-hydrogen) atoms. The third-order valence-corrected chi connectivity index (χ3v) is 4.33. The lowest BCUT2D eigenvalue weighted by molar-refractivity contribution is -0.139. The molecule has 2 rings (SSSR count). The van der Waals surface area contributed by atoms with Crippen LogP contribution in [0.3, 0.4) is 0 Å². The molecule has 2 amide bonds. The van der Waals surface area contributed by atoms with E-state index in [1.165, 1.54) is 18.3 Å². The van der Waals surface area contributed by atoms with Gasteiger partial charge in [-0.05, 0) is 42.5 Å². The van der Waals surface area contributed by atoms with Gasteiger partial charge in [0, 0.05) is 24.9 Å². The van der Waals surface area contributed by atoms with E-state index < -0.39 is 17.9 Å². The third kappa shape index (κ3) is 6.88. The number of nitrogens with one attached hydrogen (secondary N) is 2. The lowest BCUT2D eigenvalue weighted by Gasteiger charge is -2.21. The second kappa shape index (κ2) is 9.87. The molecular weight excluding hydrogens is 386 g/mol. The summed E-state index contributed by atoms with van der Waals surface area (Å²) in [5.41, 5.74) is 0.637. The highest BCUT2D eigenvalue weighted by Crippen LogP contribution is 2.22. The Balaban J connectivity index is 2.03. The van der Waals surface area contributed by atoms with E-state index in [2.05, 4.69) is 15.6 Å². The van der Waals surface area contributed by atoms with Gasteiger partial charge in [0.1, 0.15) is 11.8 Å². The van der Waals surface area contributed by atoms with E-state index in [0.29, 0.717) is 24.2 Å². The van der Waals surface area contributed by atoms with Crippen molar-refractivity contribution in [1.82, 2.24) is 15.6 Å². The molecule has 0 radical (unpaired) electrons. The zero-order valence-corrected chi connectivity index (χ0v) is 17.6. The molecular formula is C22H27N3O5. The Kier molecular flexibility index (Phi) is 7.52. The maximum Gasteiger partial charge on any atom is 0.326 e. The topological polar surface area (TPSA) is 118 Å². The SMILES string of the molecule is CNC(=O)c1cccc(Oc2ccc(C(=O)N[C@@H](CCC(C)(C)C)C(=O)O)cn2)c1. The molecule has 0 aliphatic rings. The molecule has 1 aromatic heterocycles. The first kappa shape index (κ1) is 22.9. The first-order valence-corrected chi connectivity index (χ1v) is 9.59. The second-order valence-corrected chi connectivity index (χ2v) is 8.06. The Hall–Kier alpha value is -3.42. The molecule has 1 heterocycles. The molecule has 160 valence electrons. The molecule has 1 atom stereocenters. The summed E-state index contributed by atoms with van der Waals surface area (Å²) in [4.78, 5) is 39.7. The maximum atomic E-state index is 12.4. The van der Waals surface area contributed by atoms with Crippen LogP contribution in [0.25, 0.3) is 0 Å². The van der Waals surface area contributed by atoms with Gasteiger partial charge < -0.3 is 20.5 Å². The Morgan fingerprint density at radius 2 is 1.83 bits per heavy atom. The van der Waals surface area contributed by atoms with Crippen LogP contribution in [-0.2, 0) is 4.79 Å². The van der Waals surface area contributed by atoms with Gasteiger partial charge in [0.05, 0.1) is 5.56 Å². The van der Waals surface area contributed by atoms with E-state index in [-0.39, 0.29) is 22.8 Å². The summed E-state index contributed by atoms with van der Waals surface area (Å²) in [5, 5.41) is 14.4. The molecule has 3 N–H and O–H groups in total. The highest BCUT2D eigenvalue weighted by Gasteiger charge is 2.23. The van der Waals surface area contributed by atoms with Crippen LogP contribution < -0.4 is 15.4 Å². The molecule has 0 spiro atoms. The quantitative estimate of drug-likeness (QED) is 0.611. The van der Waals surface area contributed by atoms with Crippen molar-refractivity contribution in [2.24, 2.45) is 5.41 Å². The molecule has 0 aliphatic carbocycles. The number of hydrogen-bond acceptors (Lipinski definition) is 5. The van der Waals surface area contributed by atoms with Crippen molar-refractivity contribution in [1.29, 1.82) is 0 Å². The van der Waals surface area contributed by atoms with E-state index in [4.69, 9.17) is 4.74 Å². The summed E-state index contributed by atoms with van der Waals surface area (Å²) in [6.45, 7) is 6.04. The van der Waals surface area contributed by atoms with Crippen molar-refractivity contribution in [2.45, 2.75) is 39.7 Å². The van der Waals surface area contributed by atoms with E-state index in [1.807, 2.05) is 20.8 Å². The molecule has 8 nitrogen and oxygen atoms in total. The van der Waals surface area contributed by atoms with E-state index >= 15 is 0 Å². The number of hydrogen-bond donors (Lipinski definition) is 3. The zero-order valence-electron chi connectivity index (χ0n) is 17.6. The highest BCUT2D eigenvalue weighted by atomic mass is 16.5. The normalized spacial score (nSPS) is 12.0. The number of amides is 2. The Labute approximate surface area is 175 Å². The zero-order chi connectivity index (χ0) is 22.3. The molecule has 0 aliphatic heterocycles. The molecule has 0 unspecified atom stereocenters. The fraction of sp³-hybridized carbons (Fsp3) is 0.364. The molecule has 0 bridgehead atoms. The number of aliphatic carboxylic acids is 1. The second-order valence-electron chi connectivity index (χ2n) is 8.06. The van der Waals surface area contributed by atoms with Gasteiger partial charge >= 0.3 is 5.97 Å². The minimum absolute atomic E-state index is 0.0337. The maximum absolute atomic E-state index is 12.4. The van der Waals surface area contributed by atoms with Crippen LogP contribution in [-0.4, -0.2) is 41.0 Å². The number of carbonyl (C=O) groups excluding carboxylic acids is 2. The number of aromatic nitrogens is 1. The van der Waals surface area contributed by atoms with Crippen LogP contribution in [0.2, 0.25) is 0 Å². The number of pyridine rings is 1. The van der Waals surface area contributed by atoms with Gasteiger partial charge in [-0.2, -0.15) is 0 Å². The van der Waals surface area contributed by atoms with Gasteiger partial charge in [0.2, 0.25) is 5.88 Å². The lowest BCUT2D eigenvalue weighted by Crippen LogP contribution is -2.41. The Bertz CT molecular complexity index is 904. The van der Waals surface area contributed by atoms with Crippen molar-refractivity contribution in [3.8, 4) is 11.6 Å². The smallest absolute Gasteiger partial charge is 0.326 e. The summed E-state index contributed by atoms with van der Waals surface area (Å²) in [6.07, 6.45) is 2.31. The van der Waals surface area contributed by atoms with Gasteiger partial charge in [-0.3, -0.25) is 9.59 Å². The van der Waals surface area contributed by atoms with Crippen LogP contribution in [0.5, 0.6) is 11.6 Å². The predicted octanol–water partition coefficient (Wildman–Crippen LogP) is 3.24. The van der Waals surface area contributed by atoms with Crippen LogP contribution in [0.15, 0.2) is 42.6 Å². The molecule has 0 saturated carbocycles. The molecule has 0 saturated heterocycles.